The summed E-state index contributed by atoms with van der Waals surface area (Å²) in [6.45, 7) is 2.15. The van der Waals surface area contributed by atoms with Crippen LogP contribution in [0.1, 0.15) is 47.5 Å². The summed E-state index contributed by atoms with van der Waals surface area (Å²) in [6.07, 6.45) is 4.63. The lowest BCUT2D eigenvalue weighted by molar-refractivity contribution is -0.122. The first kappa shape index (κ1) is 30.3. The Morgan fingerprint density at radius 1 is 1.07 bits per heavy atom. The second-order valence-corrected chi connectivity index (χ2v) is 12.6. The van der Waals surface area contributed by atoms with Gasteiger partial charge >= 0.3 is 10.2 Å². The standard InChI is InChI=1S/C24H29F5N6O2S.CH2O2/c25-38(26,27,28,29)17-1-2-19(20(30)13-17)23(37)34-11-6-16(7-12-34)18-3-8-31-22-21(18)32-24(33-22)35-9-4-15(14-36)5-10-35;2-1-3/h1-3,8,13,15-16,36H,4-7,9-12,14,30H2,(H,31,32,33);1H,(H,2,3). The van der Waals surface area contributed by atoms with Gasteiger partial charge in [0.25, 0.3) is 12.4 Å². The van der Waals surface area contributed by atoms with Gasteiger partial charge in [-0.3, -0.25) is 9.59 Å². The number of carbonyl (C=O) groups is 2. The van der Waals surface area contributed by atoms with Crippen molar-refractivity contribution in [2.75, 3.05) is 43.4 Å². The van der Waals surface area contributed by atoms with E-state index in [4.69, 9.17) is 15.6 Å². The maximum atomic E-state index is 13.1. The summed E-state index contributed by atoms with van der Waals surface area (Å²) in [5, 5.41) is 16.3. The molecule has 2 aliphatic heterocycles. The molecule has 41 heavy (non-hydrogen) atoms. The van der Waals surface area contributed by atoms with Crippen molar-refractivity contribution in [3.63, 3.8) is 0 Å². The Balaban J connectivity index is 0.00000124. The molecule has 0 bridgehead atoms. The van der Waals surface area contributed by atoms with Crippen LogP contribution in [0.4, 0.5) is 31.1 Å². The number of hydrogen-bond acceptors (Lipinski definition) is 7. The molecular formula is C25H31F5N6O4S. The average Bonchev–Trinajstić information content (AvgIpc) is 3.37. The number of aliphatic hydroxyl groups is 1. The first-order chi connectivity index (χ1) is 19.1. The third-order valence-corrected chi connectivity index (χ3v) is 8.65. The molecule has 5 N–H and O–H groups in total. The number of aromatic amines is 1. The van der Waals surface area contributed by atoms with Gasteiger partial charge in [0.05, 0.1) is 11.1 Å². The zero-order chi connectivity index (χ0) is 30.1. The van der Waals surface area contributed by atoms with Crippen LogP contribution in [0.15, 0.2) is 35.4 Å². The van der Waals surface area contributed by atoms with Gasteiger partial charge in [0.1, 0.15) is 4.90 Å². The maximum absolute atomic E-state index is 13.1. The fraction of sp³-hybridized carbons (Fsp3) is 0.440. The fourth-order valence-corrected chi connectivity index (χ4v) is 5.95. The quantitative estimate of drug-likeness (QED) is 0.178. The van der Waals surface area contributed by atoms with Crippen LogP contribution in [0.3, 0.4) is 0 Å². The molecule has 1 amide bonds. The minimum absolute atomic E-state index is 0.0887. The number of nitrogens with two attached hydrogens (primary N) is 1. The number of anilines is 2. The molecule has 2 aliphatic rings. The molecule has 0 radical (unpaired) electrons. The van der Waals surface area contributed by atoms with Crippen LogP contribution in [0.2, 0.25) is 0 Å². The van der Waals surface area contributed by atoms with Crippen LogP contribution in [0, 0.1) is 5.92 Å². The van der Waals surface area contributed by atoms with Crippen molar-refractivity contribution in [2.24, 2.45) is 5.92 Å². The Morgan fingerprint density at radius 2 is 1.71 bits per heavy atom. The number of carbonyl (C=O) groups excluding carboxylic acids is 1. The van der Waals surface area contributed by atoms with Gasteiger partial charge in [-0.15, -0.1) is 0 Å². The molecule has 4 heterocycles. The molecule has 1 aromatic carbocycles. The largest absolute Gasteiger partial charge is 0.483 e. The molecule has 5 rings (SSSR count). The smallest absolute Gasteiger partial charge is 0.310 e. The maximum Gasteiger partial charge on any atom is 0.310 e. The number of nitrogens with one attached hydrogen (secondary N) is 1. The number of hydrogen-bond donors (Lipinski definition) is 4. The Kier molecular flexibility index (Phi) is 7.86. The molecule has 2 aromatic heterocycles. The Labute approximate surface area is 232 Å². The molecule has 2 saturated heterocycles. The number of amides is 1. The third-order valence-electron chi connectivity index (χ3n) is 7.50. The third kappa shape index (κ3) is 6.81. The minimum atomic E-state index is -9.89. The van der Waals surface area contributed by atoms with Crippen molar-refractivity contribution in [1.29, 1.82) is 0 Å². The number of fused-ring (bicyclic) bond motifs is 1. The van der Waals surface area contributed by atoms with Crippen molar-refractivity contribution in [2.45, 2.75) is 36.5 Å². The van der Waals surface area contributed by atoms with Crippen molar-refractivity contribution >= 4 is 45.4 Å². The predicted molar refractivity (Wildman–Crippen MR) is 145 cm³/mol. The summed E-state index contributed by atoms with van der Waals surface area (Å²) < 4.78 is 65.5. The van der Waals surface area contributed by atoms with Crippen LogP contribution in [0.25, 0.3) is 11.2 Å². The van der Waals surface area contributed by atoms with Gasteiger partial charge in [0, 0.05) is 44.7 Å². The molecule has 3 aromatic rings. The highest BCUT2D eigenvalue weighted by molar-refractivity contribution is 8.45. The summed E-state index contributed by atoms with van der Waals surface area (Å²) in [5.41, 5.74) is 7.18. The van der Waals surface area contributed by atoms with E-state index in [2.05, 4.69) is 19.9 Å². The summed E-state index contributed by atoms with van der Waals surface area (Å²) in [7, 11) is -9.89. The first-order valence-electron chi connectivity index (χ1n) is 12.9. The van der Waals surface area contributed by atoms with Gasteiger partial charge < -0.3 is 30.7 Å². The number of halogens is 5. The van der Waals surface area contributed by atoms with Crippen LogP contribution in [-0.4, -0.2) is 75.2 Å². The zero-order valence-electron chi connectivity index (χ0n) is 21.9. The van der Waals surface area contributed by atoms with E-state index in [9.17, 15) is 29.3 Å². The van der Waals surface area contributed by atoms with Gasteiger partial charge in [-0.05, 0) is 67.3 Å². The number of carboxylic acid groups (broad SMARTS) is 1. The van der Waals surface area contributed by atoms with Crippen molar-refractivity contribution < 1.29 is 39.2 Å². The van der Waals surface area contributed by atoms with Gasteiger partial charge in [-0.25, -0.2) is 4.98 Å². The lowest BCUT2D eigenvalue weighted by Crippen LogP contribution is -2.38. The van der Waals surface area contributed by atoms with E-state index in [1.54, 1.807) is 6.20 Å². The second-order valence-electron chi connectivity index (χ2n) is 10.2. The number of benzene rings is 1. The summed E-state index contributed by atoms with van der Waals surface area (Å²) in [4.78, 5) is 35.3. The molecule has 0 atom stereocenters. The molecular weight excluding hydrogens is 575 g/mol. The highest BCUT2D eigenvalue weighted by Gasteiger charge is 2.65. The van der Waals surface area contributed by atoms with E-state index in [-0.39, 0.29) is 36.7 Å². The van der Waals surface area contributed by atoms with Crippen LogP contribution in [-0.2, 0) is 4.79 Å². The molecule has 226 valence electrons. The van der Waals surface area contributed by atoms with E-state index >= 15 is 0 Å². The van der Waals surface area contributed by atoms with Gasteiger partial charge in [0.15, 0.2) is 5.65 Å². The first-order valence-corrected chi connectivity index (χ1v) is 14.8. The SMILES string of the molecule is Nc1cc(S(F)(F)(F)(F)F)ccc1C(=O)N1CCC(c2ccnc3nc(N4CCC(CO)CC4)[nH]c23)CC1.O=CO. The number of nitrogens with zero attached hydrogens (tertiary/aromatic N) is 4. The van der Waals surface area contributed by atoms with Crippen molar-refractivity contribution in [3.05, 3.63) is 41.6 Å². The number of aliphatic hydroxyl groups excluding tert-OH is 1. The van der Waals surface area contributed by atoms with E-state index in [1.807, 2.05) is 6.07 Å². The van der Waals surface area contributed by atoms with E-state index < -0.39 is 26.7 Å². The minimum Gasteiger partial charge on any atom is -0.483 e. The lowest BCUT2D eigenvalue weighted by atomic mass is 9.89. The van der Waals surface area contributed by atoms with Crippen LogP contribution >= 0.6 is 10.2 Å². The summed E-state index contributed by atoms with van der Waals surface area (Å²) in [5.74, 6) is 0.530. The predicted octanol–water partition coefficient (Wildman–Crippen LogP) is 5.13. The molecule has 10 nitrogen and oxygen atoms in total. The number of imidazole rings is 1. The fourth-order valence-electron chi connectivity index (χ4n) is 5.27. The number of rotatable bonds is 5. The number of aromatic nitrogens is 3. The van der Waals surface area contributed by atoms with E-state index in [0.29, 0.717) is 37.5 Å². The topological polar surface area (TPSA) is 149 Å². The molecule has 0 spiro atoms. The number of pyridine rings is 1. The van der Waals surface area contributed by atoms with Gasteiger partial charge in [-0.1, -0.05) is 19.4 Å². The molecule has 2 fully saturated rings. The Bertz CT molecular complexity index is 1420. The Morgan fingerprint density at radius 3 is 2.27 bits per heavy atom. The number of likely N-dealkylation sites (tertiary alicyclic amines) is 1. The van der Waals surface area contributed by atoms with Crippen molar-refractivity contribution in [3.8, 4) is 0 Å². The van der Waals surface area contributed by atoms with E-state index in [1.165, 1.54) is 4.90 Å². The summed E-state index contributed by atoms with van der Waals surface area (Å²) >= 11 is 0. The van der Waals surface area contributed by atoms with Crippen LogP contribution in [0.5, 0.6) is 0 Å². The van der Waals surface area contributed by atoms with E-state index in [0.717, 1.165) is 49.0 Å². The number of H-pyrrole nitrogens is 1. The molecule has 0 unspecified atom stereocenters. The second kappa shape index (κ2) is 10.6. The lowest BCUT2D eigenvalue weighted by Gasteiger charge is -2.40. The van der Waals surface area contributed by atoms with Crippen molar-refractivity contribution in [1.82, 2.24) is 19.9 Å². The summed E-state index contributed by atoms with van der Waals surface area (Å²) in [6, 6.07) is 2.99. The van der Waals surface area contributed by atoms with Gasteiger partial charge in [0.2, 0.25) is 5.95 Å². The number of piperidine rings is 2. The number of nitrogen functional groups attached to an aromatic ring is 1. The molecule has 0 saturated carbocycles. The van der Waals surface area contributed by atoms with Crippen LogP contribution < -0.4 is 10.6 Å². The Hall–Kier alpha value is -3.66. The normalized spacial score (nSPS) is 18.8. The monoisotopic (exact) mass is 606 g/mol. The highest BCUT2D eigenvalue weighted by Crippen LogP contribution is 3.02. The molecule has 0 aliphatic carbocycles. The average molecular weight is 607 g/mol. The highest BCUT2D eigenvalue weighted by atomic mass is 32.5. The zero-order valence-corrected chi connectivity index (χ0v) is 22.7. The van der Waals surface area contributed by atoms with Gasteiger partial charge in [-0.2, -0.15) is 4.98 Å². The molecule has 16 heteroatoms.